The summed E-state index contributed by atoms with van der Waals surface area (Å²) >= 11 is 0. The predicted molar refractivity (Wildman–Crippen MR) is 121 cm³/mol. The van der Waals surface area contributed by atoms with E-state index >= 15 is 0 Å². The van der Waals surface area contributed by atoms with Gasteiger partial charge in [0.25, 0.3) is 5.91 Å². The summed E-state index contributed by atoms with van der Waals surface area (Å²) in [7, 11) is 0. The summed E-state index contributed by atoms with van der Waals surface area (Å²) in [6, 6.07) is 12.1. The van der Waals surface area contributed by atoms with Crippen LogP contribution in [0.15, 0.2) is 47.6 Å². The molecular formula is C23H28N4O4. The first-order chi connectivity index (χ1) is 14.7. The summed E-state index contributed by atoms with van der Waals surface area (Å²) in [5, 5.41) is 15.0. The van der Waals surface area contributed by atoms with E-state index in [9.17, 15) is 14.9 Å². The molecule has 1 aliphatic heterocycles. The smallest absolute Gasteiger partial charge is 0.310 e. The van der Waals surface area contributed by atoms with Gasteiger partial charge in [0.15, 0.2) is 12.4 Å². The molecule has 0 fully saturated rings. The SMILES string of the molecule is CCN1c2ccc(/C=N/NC(=O)COc3ccccc3[N+](=O)[O-])cc2[C@H](C)CC1(C)C. The van der Waals surface area contributed by atoms with Crippen LogP contribution in [-0.2, 0) is 4.79 Å². The highest BCUT2D eigenvalue weighted by molar-refractivity contribution is 5.84. The van der Waals surface area contributed by atoms with Gasteiger partial charge in [-0.3, -0.25) is 14.9 Å². The second kappa shape index (κ2) is 9.16. The minimum absolute atomic E-state index is 0.0405. The number of hydrogen-bond donors (Lipinski definition) is 1. The van der Waals surface area contributed by atoms with E-state index in [0.29, 0.717) is 5.92 Å². The Morgan fingerprint density at radius 1 is 1.35 bits per heavy atom. The van der Waals surface area contributed by atoms with E-state index in [1.807, 2.05) is 6.07 Å². The minimum Gasteiger partial charge on any atom is -0.477 e. The van der Waals surface area contributed by atoms with E-state index in [1.54, 1.807) is 12.3 Å². The number of hydrazone groups is 1. The Hall–Kier alpha value is -3.42. The maximum Gasteiger partial charge on any atom is 0.310 e. The van der Waals surface area contributed by atoms with Gasteiger partial charge in [-0.05, 0) is 62.4 Å². The van der Waals surface area contributed by atoms with Gasteiger partial charge in [-0.25, -0.2) is 5.43 Å². The highest BCUT2D eigenvalue weighted by atomic mass is 16.6. The van der Waals surface area contributed by atoms with Gasteiger partial charge in [-0.15, -0.1) is 0 Å². The number of carbonyl (C=O) groups excluding carboxylic acids is 1. The fourth-order valence-corrected chi connectivity index (χ4v) is 4.27. The van der Waals surface area contributed by atoms with E-state index in [-0.39, 0.29) is 23.6 Å². The third-order valence-corrected chi connectivity index (χ3v) is 5.55. The topological polar surface area (TPSA) is 97.1 Å². The molecule has 3 rings (SSSR count). The third kappa shape index (κ3) is 5.02. The number of hydrogen-bond acceptors (Lipinski definition) is 6. The van der Waals surface area contributed by atoms with Crippen LogP contribution in [-0.4, -0.2) is 35.7 Å². The normalized spacial score (nSPS) is 17.3. The van der Waals surface area contributed by atoms with Gasteiger partial charge < -0.3 is 9.64 Å². The van der Waals surface area contributed by atoms with Crippen molar-refractivity contribution in [3.05, 3.63) is 63.7 Å². The van der Waals surface area contributed by atoms with Crippen LogP contribution in [0.25, 0.3) is 0 Å². The van der Waals surface area contributed by atoms with Crippen molar-refractivity contribution in [2.75, 3.05) is 18.1 Å². The molecule has 0 radical (unpaired) electrons. The molecule has 0 bridgehead atoms. The van der Waals surface area contributed by atoms with E-state index in [4.69, 9.17) is 4.74 Å². The van der Waals surface area contributed by atoms with Crippen molar-refractivity contribution >= 4 is 23.5 Å². The summed E-state index contributed by atoms with van der Waals surface area (Å²) in [5.41, 5.74) is 5.73. The first-order valence-electron chi connectivity index (χ1n) is 10.3. The van der Waals surface area contributed by atoms with Gasteiger partial charge in [0, 0.05) is 23.8 Å². The zero-order valence-corrected chi connectivity index (χ0v) is 18.3. The van der Waals surface area contributed by atoms with Gasteiger partial charge in [0.05, 0.1) is 11.1 Å². The molecule has 1 aliphatic rings. The third-order valence-electron chi connectivity index (χ3n) is 5.55. The molecule has 8 heteroatoms. The number of amides is 1. The average Bonchev–Trinajstić information content (AvgIpc) is 2.72. The van der Waals surface area contributed by atoms with Crippen LogP contribution in [0.1, 0.15) is 51.2 Å². The lowest BCUT2D eigenvalue weighted by Gasteiger charge is -2.47. The zero-order valence-electron chi connectivity index (χ0n) is 18.3. The summed E-state index contributed by atoms with van der Waals surface area (Å²) in [4.78, 5) is 24.9. The summed E-state index contributed by atoms with van der Waals surface area (Å²) in [5.74, 6) is -0.0378. The van der Waals surface area contributed by atoms with Crippen LogP contribution in [0.5, 0.6) is 5.75 Å². The molecule has 8 nitrogen and oxygen atoms in total. The molecule has 1 heterocycles. The Morgan fingerprint density at radius 2 is 2.10 bits per heavy atom. The van der Waals surface area contributed by atoms with Crippen LogP contribution in [0.3, 0.4) is 0 Å². The molecule has 0 saturated heterocycles. The molecule has 2 aromatic carbocycles. The first kappa shape index (κ1) is 22.3. The Kier molecular flexibility index (Phi) is 6.58. The number of nitrogens with one attached hydrogen (secondary N) is 1. The Balaban J connectivity index is 1.62. The van der Waals surface area contributed by atoms with Crippen LogP contribution >= 0.6 is 0 Å². The number of nitro groups is 1. The van der Waals surface area contributed by atoms with Crippen molar-refractivity contribution in [1.29, 1.82) is 0 Å². The van der Waals surface area contributed by atoms with E-state index in [0.717, 1.165) is 18.5 Å². The molecule has 1 amide bonds. The number of anilines is 1. The maximum atomic E-state index is 12.0. The maximum absolute atomic E-state index is 12.0. The molecule has 1 atom stereocenters. The molecule has 2 aromatic rings. The lowest BCUT2D eigenvalue weighted by Crippen LogP contribution is -2.48. The quantitative estimate of drug-likeness (QED) is 0.407. The van der Waals surface area contributed by atoms with E-state index in [1.165, 1.54) is 29.4 Å². The molecule has 0 unspecified atom stereocenters. The first-order valence-corrected chi connectivity index (χ1v) is 10.3. The largest absolute Gasteiger partial charge is 0.477 e. The Morgan fingerprint density at radius 3 is 2.81 bits per heavy atom. The molecule has 0 spiro atoms. The number of nitro benzene ring substituents is 1. The van der Waals surface area contributed by atoms with Crippen LogP contribution in [0.2, 0.25) is 0 Å². The summed E-state index contributed by atoms with van der Waals surface area (Å²) in [6.45, 7) is 9.51. The fraction of sp³-hybridized carbons (Fsp3) is 0.391. The van der Waals surface area contributed by atoms with Gasteiger partial charge >= 0.3 is 5.69 Å². The monoisotopic (exact) mass is 424 g/mol. The van der Waals surface area contributed by atoms with Gasteiger partial charge in [0.2, 0.25) is 0 Å². The Labute approximate surface area is 182 Å². The van der Waals surface area contributed by atoms with Crippen molar-refractivity contribution in [3.8, 4) is 5.75 Å². The highest BCUT2D eigenvalue weighted by Gasteiger charge is 2.35. The van der Waals surface area contributed by atoms with Crippen molar-refractivity contribution in [1.82, 2.24) is 5.43 Å². The van der Waals surface area contributed by atoms with Crippen molar-refractivity contribution < 1.29 is 14.5 Å². The number of nitrogens with zero attached hydrogens (tertiary/aromatic N) is 3. The summed E-state index contributed by atoms with van der Waals surface area (Å²) < 4.78 is 5.26. The minimum atomic E-state index is -0.552. The lowest BCUT2D eigenvalue weighted by atomic mass is 9.79. The number of ether oxygens (including phenoxy) is 1. The van der Waals surface area contributed by atoms with E-state index in [2.05, 4.69) is 55.3 Å². The van der Waals surface area contributed by atoms with Crippen molar-refractivity contribution in [2.45, 2.75) is 45.6 Å². The molecular weight excluding hydrogens is 396 g/mol. The van der Waals surface area contributed by atoms with Gasteiger partial charge in [0.1, 0.15) is 0 Å². The number of benzene rings is 2. The standard InChI is InChI=1S/C23H28N4O4/c1-5-26-19-11-10-17(12-18(19)16(2)13-23(26,3)4)14-24-25-22(28)15-31-21-9-7-6-8-20(21)27(29)30/h6-12,14,16H,5,13,15H2,1-4H3,(H,25,28)/b24-14+/t16-/m1/s1. The summed E-state index contributed by atoms with van der Waals surface area (Å²) in [6.07, 6.45) is 2.65. The molecule has 0 saturated carbocycles. The number of rotatable bonds is 7. The number of fused-ring (bicyclic) bond motifs is 1. The molecule has 164 valence electrons. The predicted octanol–water partition coefficient (Wildman–Crippen LogP) is 4.24. The Bertz CT molecular complexity index is 1000. The molecule has 0 aliphatic carbocycles. The van der Waals surface area contributed by atoms with E-state index < -0.39 is 10.8 Å². The second-order valence-corrected chi connectivity index (χ2v) is 8.29. The van der Waals surface area contributed by atoms with Crippen molar-refractivity contribution in [2.24, 2.45) is 5.10 Å². The number of para-hydroxylation sites is 2. The highest BCUT2D eigenvalue weighted by Crippen LogP contribution is 2.43. The van der Waals surface area contributed by atoms with Crippen molar-refractivity contribution in [3.63, 3.8) is 0 Å². The fourth-order valence-electron chi connectivity index (χ4n) is 4.27. The average molecular weight is 425 g/mol. The van der Waals surface area contributed by atoms with Crippen LogP contribution in [0.4, 0.5) is 11.4 Å². The number of carbonyl (C=O) groups is 1. The lowest BCUT2D eigenvalue weighted by molar-refractivity contribution is -0.385. The van der Waals surface area contributed by atoms with Gasteiger partial charge in [-0.1, -0.05) is 25.1 Å². The zero-order chi connectivity index (χ0) is 22.6. The molecule has 1 N–H and O–H groups in total. The molecule has 31 heavy (non-hydrogen) atoms. The second-order valence-electron chi connectivity index (χ2n) is 8.29. The van der Waals surface area contributed by atoms with Crippen LogP contribution in [0, 0.1) is 10.1 Å². The van der Waals surface area contributed by atoms with Crippen LogP contribution < -0.4 is 15.1 Å². The van der Waals surface area contributed by atoms with Gasteiger partial charge in [-0.2, -0.15) is 5.10 Å². The molecule has 0 aromatic heterocycles.